The lowest BCUT2D eigenvalue weighted by Crippen LogP contribution is -2.43. The molecule has 0 aliphatic carbocycles. The number of nitrogens with zero attached hydrogens (tertiary/aromatic N) is 1. The normalized spacial score (nSPS) is 11.6. The molecule has 2 aromatic carbocycles. The lowest BCUT2D eigenvalue weighted by Gasteiger charge is -2.15. The molecule has 9 heteroatoms. The van der Waals surface area contributed by atoms with Crippen LogP contribution in [0.3, 0.4) is 0 Å². The number of carbonyl (C=O) groups is 2. The van der Waals surface area contributed by atoms with E-state index >= 15 is 0 Å². The zero-order valence-electron chi connectivity index (χ0n) is 13.3. The number of hydrogen-bond donors (Lipinski definition) is 2. The predicted octanol–water partition coefficient (Wildman–Crippen LogP) is 2.23. The van der Waals surface area contributed by atoms with Crippen LogP contribution >= 0.6 is 0 Å². The van der Waals surface area contributed by atoms with Gasteiger partial charge in [0.2, 0.25) is 5.91 Å². The molecule has 136 valence electrons. The first-order valence-corrected chi connectivity index (χ1v) is 7.46. The Morgan fingerprint density at radius 3 is 2.19 bits per heavy atom. The maximum atomic E-state index is 13.6. The van der Waals surface area contributed by atoms with Gasteiger partial charge in [-0.1, -0.05) is 18.2 Å². The van der Waals surface area contributed by atoms with Crippen LogP contribution in [0, 0.1) is 21.7 Å². The Hall–Kier alpha value is -3.36. The van der Waals surface area contributed by atoms with Crippen LogP contribution in [0.15, 0.2) is 42.5 Å². The molecule has 0 heterocycles. The number of carboxylic acids is 1. The van der Waals surface area contributed by atoms with Crippen molar-refractivity contribution in [3.05, 3.63) is 75.3 Å². The summed E-state index contributed by atoms with van der Waals surface area (Å²) in [6, 6.07) is 6.97. The number of rotatable bonds is 7. The molecule has 2 aromatic rings. The second-order valence-electron chi connectivity index (χ2n) is 5.46. The molecule has 1 amide bonds. The first-order chi connectivity index (χ1) is 12.3. The summed E-state index contributed by atoms with van der Waals surface area (Å²) < 4.78 is 27.1. The van der Waals surface area contributed by atoms with Crippen LogP contribution in [0.1, 0.15) is 11.1 Å². The number of aliphatic carboxylic acids is 1. The van der Waals surface area contributed by atoms with Crippen LogP contribution in [-0.4, -0.2) is 27.9 Å². The number of nitro benzene ring substituents is 1. The summed E-state index contributed by atoms with van der Waals surface area (Å²) in [5.74, 6) is -4.00. The van der Waals surface area contributed by atoms with Gasteiger partial charge in [0.25, 0.3) is 5.69 Å². The van der Waals surface area contributed by atoms with Gasteiger partial charge < -0.3 is 10.4 Å². The van der Waals surface area contributed by atoms with Crippen LogP contribution in [0.25, 0.3) is 0 Å². The highest BCUT2D eigenvalue weighted by Gasteiger charge is 2.22. The fourth-order valence-corrected chi connectivity index (χ4v) is 2.30. The van der Waals surface area contributed by atoms with Crippen LogP contribution < -0.4 is 5.32 Å². The van der Waals surface area contributed by atoms with Crippen LogP contribution in [0.2, 0.25) is 0 Å². The van der Waals surface area contributed by atoms with Gasteiger partial charge in [0.15, 0.2) is 0 Å². The number of halogens is 2. The van der Waals surface area contributed by atoms with Gasteiger partial charge in [-0.3, -0.25) is 14.9 Å². The van der Waals surface area contributed by atoms with Crippen molar-refractivity contribution < 1.29 is 28.4 Å². The topological polar surface area (TPSA) is 110 Å². The van der Waals surface area contributed by atoms with E-state index in [0.717, 1.165) is 18.2 Å². The molecule has 0 fully saturated rings. The van der Waals surface area contributed by atoms with E-state index in [0.29, 0.717) is 5.56 Å². The molecular formula is C17H14F2N2O5. The Labute approximate surface area is 146 Å². The molecule has 7 nitrogen and oxygen atoms in total. The van der Waals surface area contributed by atoms with Gasteiger partial charge in [-0.15, -0.1) is 0 Å². The lowest BCUT2D eigenvalue weighted by molar-refractivity contribution is -0.384. The predicted molar refractivity (Wildman–Crippen MR) is 86.4 cm³/mol. The minimum absolute atomic E-state index is 0.140. The van der Waals surface area contributed by atoms with Crippen molar-refractivity contribution in [3.63, 3.8) is 0 Å². The minimum atomic E-state index is -1.35. The highest BCUT2D eigenvalue weighted by molar-refractivity contribution is 5.85. The Morgan fingerprint density at radius 2 is 1.69 bits per heavy atom. The van der Waals surface area contributed by atoms with Crippen molar-refractivity contribution in [1.29, 1.82) is 0 Å². The third-order valence-corrected chi connectivity index (χ3v) is 3.62. The zero-order chi connectivity index (χ0) is 19.3. The quantitative estimate of drug-likeness (QED) is 0.578. The first kappa shape index (κ1) is 19.0. The van der Waals surface area contributed by atoms with E-state index < -0.39 is 46.5 Å². The zero-order valence-corrected chi connectivity index (χ0v) is 13.3. The first-order valence-electron chi connectivity index (χ1n) is 7.46. The fourth-order valence-electron chi connectivity index (χ4n) is 2.30. The van der Waals surface area contributed by atoms with Gasteiger partial charge in [0.1, 0.15) is 17.7 Å². The molecule has 0 aliphatic rings. The average molecular weight is 364 g/mol. The monoisotopic (exact) mass is 364 g/mol. The van der Waals surface area contributed by atoms with Crippen LogP contribution in [0.4, 0.5) is 14.5 Å². The van der Waals surface area contributed by atoms with Crippen molar-refractivity contribution in [3.8, 4) is 0 Å². The molecule has 0 saturated carbocycles. The fraction of sp³-hybridized carbons (Fsp3) is 0.176. The maximum absolute atomic E-state index is 13.6. The second kappa shape index (κ2) is 8.15. The number of hydrogen-bond acceptors (Lipinski definition) is 4. The number of carboxylic acid groups (broad SMARTS) is 1. The van der Waals surface area contributed by atoms with E-state index in [2.05, 4.69) is 5.32 Å². The third-order valence-electron chi connectivity index (χ3n) is 3.62. The van der Waals surface area contributed by atoms with Crippen molar-refractivity contribution in [1.82, 2.24) is 5.32 Å². The van der Waals surface area contributed by atoms with Gasteiger partial charge in [0, 0.05) is 24.1 Å². The molecular weight excluding hydrogens is 350 g/mol. The van der Waals surface area contributed by atoms with E-state index in [4.69, 9.17) is 0 Å². The molecule has 0 bridgehead atoms. The molecule has 0 saturated heterocycles. The maximum Gasteiger partial charge on any atom is 0.326 e. The Morgan fingerprint density at radius 1 is 1.12 bits per heavy atom. The Kier molecular flexibility index (Phi) is 5.94. The molecule has 26 heavy (non-hydrogen) atoms. The van der Waals surface area contributed by atoms with E-state index in [1.807, 2.05) is 0 Å². The summed E-state index contributed by atoms with van der Waals surface area (Å²) in [6.07, 6.45) is -0.790. The molecule has 2 rings (SSSR count). The van der Waals surface area contributed by atoms with Crippen LogP contribution in [0.5, 0.6) is 0 Å². The summed E-state index contributed by atoms with van der Waals surface area (Å²) >= 11 is 0. The van der Waals surface area contributed by atoms with E-state index in [1.165, 1.54) is 24.3 Å². The second-order valence-corrected chi connectivity index (χ2v) is 5.46. The number of benzene rings is 2. The minimum Gasteiger partial charge on any atom is -0.480 e. The van der Waals surface area contributed by atoms with Gasteiger partial charge in [-0.25, -0.2) is 13.6 Å². The number of amides is 1. The van der Waals surface area contributed by atoms with E-state index in [-0.39, 0.29) is 12.1 Å². The Balaban J connectivity index is 2.06. The molecule has 0 unspecified atom stereocenters. The number of carbonyl (C=O) groups excluding carboxylic acids is 1. The SMILES string of the molecule is O=C(Cc1c(F)cccc1F)N[C@H](Cc1ccc([N+](=O)[O-])cc1)C(=O)O. The summed E-state index contributed by atoms with van der Waals surface area (Å²) in [5, 5.41) is 22.0. The lowest BCUT2D eigenvalue weighted by atomic mass is 10.0. The van der Waals surface area contributed by atoms with Gasteiger partial charge in [0.05, 0.1) is 11.3 Å². The number of non-ortho nitro benzene ring substituents is 1. The van der Waals surface area contributed by atoms with E-state index in [9.17, 15) is 33.6 Å². The van der Waals surface area contributed by atoms with Gasteiger partial charge in [-0.2, -0.15) is 0 Å². The third kappa shape index (κ3) is 4.82. The molecule has 2 N–H and O–H groups in total. The average Bonchev–Trinajstić information content (AvgIpc) is 2.58. The van der Waals surface area contributed by atoms with Crippen molar-refractivity contribution >= 4 is 17.6 Å². The highest BCUT2D eigenvalue weighted by Crippen LogP contribution is 2.15. The number of nitrogens with one attached hydrogen (secondary N) is 1. The highest BCUT2D eigenvalue weighted by atomic mass is 19.1. The summed E-state index contributed by atoms with van der Waals surface area (Å²) in [5.41, 5.74) is -0.162. The summed E-state index contributed by atoms with van der Waals surface area (Å²) in [4.78, 5) is 33.3. The van der Waals surface area contributed by atoms with Gasteiger partial charge >= 0.3 is 5.97 Å². The van der Waals surface area contributed by atoms with Crippen molar-refractivity contribution in [2.45, 2.75) is 18.9 Å². The van der Waals surface area contributed by atoms with Crippen molar-refractivity contribution in [2.24, 2.45) is 0 Å². The largest absolute Gasteiger partial charge is 0.480 e. The summed E-state index contributed by atoms with van der Waals surface area (Å²) in [7, 11) is 0. The number of nitro groups is 1. The molecule has 0 aromatic heterocycles. The van der Waals surface area contributed by atoms with E-state index in [1.54, 1.807) is 0 Å². The summed E-state index contributed by atoms with van der Waals surface area (Å²) in [6.45, 7) is 0. The van der Waals surface area contributed by atoms with Crippen LogP contribution in [-0.2, 0) is 22.4 Å². The van der Waals surface area contributed by atoms with Crippen molar-refractivity contribution in [2.75, 3.05) is 0 Å². The standard InChI is InChI=1S/C17H14F2N2O5/c18-13-2-1-3-14(19)12(13)9-16(22)20-15(17(23)24)8-10-4-6-11(7-5-10)21(25)26/h1-7,15H,8-9H2,(H,20,22)(H,23,24)/t15-/m1/s1. The smallest absolute Gasteiger partial charge is 0.326 e. The molecule has 0 spiro atoms. The van der Waals surface area contributed by atoms with Gasteiger partial charge in [-0.05, 0) is 17.7 Å². The molecule has 0 radical (unpaired) electrons. The molecule has 1 atom stereocenters. The molecule has 0 aliphatic heterocycles. The Bertz CT molecular complexity index is 819.